The number of hydrogen-bond acceptors (Lipinski definition) is 5. The van der Waals surface area contributed by atoms with E-state index in [-0.39, 0.29) is 16.8 Å². The summed E-state index contributed by atoms with van der Waals surface area (Å²) in [5.74, 6) is 1.22. The van der Waals surface area contributed by atoms with Crippen LogP contribution >= 0.6 is 0 Å². The molecule has 0 bridgehead atoms. The highest BCUT2D eigenvalue weighted by Crippen LogP contribution is 2.27. The zero-order valence-corrected chi connectivity index (χ0v) is 20.9. The summed E-state index contributed by atoms with van der Waals surface area (Å²) < 4.78 is 32.9. The van der Waals surface area contributed by atoms with Gasteiger partial charge in [-0.05, 0) is 74.3 Å². The van der Waals surface area contributed by atoms with E-state index < -0.39 is 10.0 Å². The number of methoxy groups -OCH3 is 1. The molecule has 0 unspecified atom stereocenters. The van der Waals surface area contributed by atoms with Gasteiger partial charge in [-0.2, -0.15) is 4.31 Å². The van der Waals surface area contributed by atoms with Crippen LogP contribution in [0.15, 0.2) is 53.4 Å². The molecule has 1 N–H and O–H groups in total. The van der Waals surface area contributed by atoms with E-state index in [9.17, 15) is 13.2 Å². The highest BCUT2D eigenvalue weighted by molar-refractivity contribution is 7.89. The lowest BCUT2D eigenvalue weighted by molar-refractivity contribution is 0.0941. The van der Waals surface area contributed by atoms with Crippen LogP contribution in [0.25, 0.3) is 0 Å². The normalized spacial score (nSPS) is 20.4. The predicted molar refractivity (Wildman–Crippen MR) is 130 cm³/mol. The first-order valence-electron chi connectivity index (χ1n) is 11.3. The van der Waals surface area contributed by atoms with Gasteiger partial charge in [0.2, 0.25) is 10.0 Å². The largest absolute Gasteiger partial charge is 0.497 e. The number of carbonyl (C=O) groups excluding carboxylic acids is 1. The minimum Gasteiger partial charge on any atom is -0.497 e. The molecule has 3 atom stereocenters. The van der Waals surface area contributed by atoms with E-state index in [1.807, 2.05) is 43.3 Å². The van der Waals surface area contributed by atoms with Crippen LogP contribution in [0.2, 0.25) is 0 Å². The van der Waals surface area contributed by atoms with Gasteiger partial charge in [0.1, 0.15) is 5.75 Å². The van der Waals surface area contributed by atoms with Crippen LogP contribution in [0.3, 0.4) is 0 Å². The number of sulfonamides is 1. The molecule has 3 rings (SSSR count). The van der Waals surface area contributed by atoms with Crippen LogP contribution in [0.5, 0.6) is 5.75 Å². The standard InChI is InChI=1S/C25H35N3O4S/c1-18-14-19(2)17-28(16-18)33(30,31)23-12-8-21(9-13-23)25(29)26-15-24(27(3)4)20-6-10-22(32-5)11-7-20/h6-13,18-19,24H,14-17H2,1-5H3,(H,26,29)/t18-,19+,24-/m1/s1. The van der Waals surface area contributed by atoms with Gasteiger partial charge < -0.3 is 15.0 Å². The summed E-state index contributed by atoms with van der Waals surface area (Å²) in [5.41, 5.74) is 1.49. The summed E-state index contributed by atoms with van der Waals surface area (Å²) in [6, 6.07) is 14.0. The second-order valence-electron chi connectivity index (χ2n) is 9.26. The molecule has 0 aromatic heterocycles. The van der Waals surface area contributed by atoms with Gasteiger partial charge in [-0.15, -0.1) is 0 Å². The number of benzene rings is 2. The number of nitrogens with one attached hydrogen (secondary N) is 1. The van der Waals surface area contributed by atoms with Crippen molar-refractivity contribution in [2.75, 3.05) is 40.8 Å². The first-order chi connectivity index (χ1) is 15.6. The van der Waals surface area contributed by atoms with Crippen molar-refractivity contribution in [1.29, 1.82) is 0 Å². The van der Waals surface area contributed by atoms with Crippen molar-refractivity contribution in [3.63, 3.8) is 0 Å². The Morgan fingerprint density at radius 2 is 1.64 bits per heavy atom. The SMILES string of the molecule is COc1ccc([C@@H](CNC(=O)c2ccc(S(=O)(=O)N3C[C@H](C)C[C@H](C)C3)cc2)N(C)C)cc1. The van der Waals surface area contributed by atoms with Crippen molar-refractivity contribution in [3.8, 4) is 5.75 Å². The lowest BCUT2D eigenvalue weighted by atomic mass is 9.94. The Bertz CT molecular complexity index is 1030. The van der Waals surface area contributed by atoms with E-state index in [4.69, 9.17) is 4.74 Å². The van der Waals surface area contributed by atoms with Crippen molar-refractivity contribution in [2.45, 2.75) is 31.2 Å². The molecule has 33 heavy (non-hydrogen) atoms. The number of hydrogen-bond donors (Lipinski definition) is 1. The van der Waals surface area contributed by atoms with Crippen LogP contribution in [0.4, 0.5) is 0 Å². The molecule has 1 saturated heterocycles. The fourth-order valence-corrected chi connectivity index (χ4v) is 6.13. The van der Waals surface area contributed by atoms with E-state index in [1.165, 1.54) is 12.1 Å². The Balaban J connectivity index is 1.66. The molecule has 0 radical (unpaired) electrons. The number of amides is 1. The predicted octanol–water partition coefficient (Wildman–Crippen LogP) is 3.39. The molecule has 180 valence electrons. The molecule has 2 aromatic rings. The molecule has 0 saturated carbocycles. The second kappa shape index (κ2) is 10.7. The van der Waals surface area contributed by atoms with Crippen LogP contribution in [-0.2, 0) is 10.0 Å². The number of likely N-dealkylation sites (N-methyl/N-ethyl adjacent to an activating group) is 1. The Hall–Kier alpha value is -2.42. The Kier molecular flexibility index (Phi) is 8.15. The van der Waals surface area contributed by atoms with E-state index in [0.29, 0.717) is 37.0 Å². The Morgan fingerprint density at radius 3 is 2.15 bits per heavy atom. The molecule has 8 heteroatoms. The summed E-state index contributed by atoms with van der Waals surface area (Å²) in [7, 11) is 1.99. The summed E-state index contributed by atoms with van der Waals surface area (Å²) in [6.45, 7) is 5.65. The van der Waals surface area contributed by atoms with E-state index in [1.54, 1.807) is 23.5 Å². The highest BCUT2D eigenvalue weighted by Gasteiger charge is 2.31. The van der Waals surface area contributed by atoms with E-state index in [0.717, 1.165) is 17.7 Å². The molecule has 2 aromatic carbocycles. The minimum absolute atomic E-state index is 0.0115. The van der Waals surface area contributed by atoms with Gasteiger partial charge in [0, 0.05) is 25.2 Å². The third-order valence-electron chi connectivity index (χ3n) is 6.17. The molecule has 0 aliphatic carbocycles. The summed E-state index contributed by atoms with van der Waals surface area (Å²) >= 11 is 0. The molecular formula is C25H35N3O4S. The molecular weight excluding hydrogens is 438 g/mol. The van der Waals surface area contributed by atoms with E-state index in [2.05, 4.69) is 19.2 Å². The Morgan fingerprint density at radius 1 is 1.06 bits per heavy atom. The first-order valence-corrected chi connectivity index (χ1v) is 12.7. The van der Waals surface area contributed by atoms with Crippen LogP contribution in [-0.4, -0.2) is 64.4 Å². The summed E-state index contributed by atoms with van der Waals surface area (Å²) in [6.07, 6.45) is 1.04. The summed E-state index contributed by atoms with van der Waals surface area (Å²) in [5, 5.41) is 2.97. The zero-order chi connectivity index (χ0) is 24.2. The molecule has 1 aliphatic rings. The lowest BCUT2D eigenvalue weighted by Crippen LogP contribution is -2.42. The zero-order valence-electron chi connectivity index (χ0n) is 20.1. The smallest absolute Gasteiger partial charge is 0.251 e. The van der Waals surface area contributed by atoms with Gasteiger partial charge in [-0.3, -0.25) is 4.79 Å². The van der Waals surface area contributed by atoms with Crippen molar-refractivity contribution >= 4 is 15.9 Å². The fraction of sp³-hybridized carbons (Fsp3) is 0.480. The minimum atomic E-state index is -3.56. The van der Waals surface area contributed by atoms with Crippen LogP contribution in [0.1, 0.15) is 42.2 Å². The van der Waals surface area contributed by atoms with Crippen LogP contribution in [0, 0.1) is 11.8 Å². The van der Waals surface area contributed by atoms with Gasteiger partial charge in [-0.1, -0.05) is 26.0 Å². The number of piperidine rings is 1. The molecule has 0 spiro atoms. The van der Waals surface area contributed by atoms with Gasteiger partial charge in [0.15, 0.2) is 0 Å². The van der Waals surface area contributed by atoms with Gasteiger partial charge in [-0.25, -0.2) is 8.42 Å². The average molecular weight is 474 g/mol. The van der Waals surface area contributed by atoms with Crippen molar-refractivity contribution in [3.05, 3.63) is 59.7 Å². The number of rotatable bonds is 8. The third kappa shape index (κ3) is 6.13. The summed E-state index contributed by atoms with van der Waals surface area (Å²) in [4.78, 5) is 15.0. The maximum atomic E-state index is 13.1. The van der Waals surface area contributed by atoms with Gasteiger partial charge in [0.25, 0.3) is 5.91 Å². The maximum Gasteiger partial charge on any atom is 0.251 e. The molecule has 1 fully saturated rings. The average Bonchev–Trinajstić information content (AvgIpc) is 2.78. The molecule has 1 amide bonds. The van der Waals surface area contributed by atoms with Gasteiger partial charge >= 0.3 is 0 Å². The molecule has 1 aliphatic heterocycles. The maximum absolute atomic E-state index is 13.1. The quantitative estimate of drug-likeness (QED) is 0.636. The highest BCUT2D eigenvalue weighted by atomic mass is 32.2. The topological polar surface area (TPSA) is 78.9 Å². The van der Waals surface area contributed by atoms with Crippen molar-refractivity contribution < 1.29 is 17.9 Å². The van der Waals surface area contributed by atoms with Crippen molar-refractivity contribution in [2.24, 2.45) is 11.8 Å². The fourth-order valence-electron chi connectivity index (χ4n) is 4.45. The van der Waals surface area contributed by atoms with Crippen molar-refractivity contribution in [1.82, 2.24) is 14.5 Å². The first kappa shape index (κ1) is 25.2. The lowest BCUT2D eigenvalue weighted by Gasteiger charge is -2.34. The number of nitrogens with zero attached hydrogens (tertiary/aromatic N) is 2. The van der Waals surface area contributed by atoms with Gasteiger partial charge in [0.05, 0.1) is 18.0 Å². The third-order valence-corrected chi connectivity index (χ3v) is 8.02. The molecule has 7 nitrogen and oxygen atoms in total. The number of ether oxygens (including phenoxy) is 1. The monoisotopic (exact) mass is 473 g/mol. The van der Waals surface area contributed by atoms with Crippen LogP contribution < -0.4 is 10.1 Å². The Labute approximate surface area is 197 Å². The number of carbonyl (C=O) groups is 1. The molecule has 1 heterocycles. The second-order valence-corrected chi connectivity index (χ2v) is 11.2. The van der Waals surface area contributed by atoms with E-state index >= 15 is 0 Å².